The first-order valence-electron chi connectivity index (χ1n) is 11.7. The number of rotatable bonds is 6. The van der Waals surface area contributed by atoms with Crippen LogP contribution in [-0.2, 0) is 13.0 Å². The van der Waals surface area contributed by atoms with Crippen LogP contribution in [0.15, 0.2) is 61.2 Å². The lowest BCUT2D eigenvalue weighted by Crippen LogP contribution is -2.33. The van der Waals surface area contributed by atoms with E-state index in [1.54, 1.807) is 29.1 Å². The number of fused-ring (bicyclic) bond motifs is 1. The highest BCUT2D eigenvalue weighted by molar-refractivity contribution is 6.30. The molecular formula is C26H27ClN6O. The minimum atomic E-state index is -0.146. The van der Waals surface area contributed by atoms with Gasteiger partial charge in [-0.15, -0.1) is 0 Å². The van der Waals surface area contributed by atoms with Crippen molar-refractivity contribution in [1.29, 1.82) is 0 Å². The van der Waals surface area contributed by atoms with Gasteiger partial charge in [0.25, 0.3) is 5.91 Å². The summed E-state index contributed by atoms with van der Waals surface area (Å²) in [5.41, 5.74) is 4.45. The average molecular weight is 475 g/mol. The van der Waals surface area contributed by atoms with Gasteiger partial charge >= 0.3 is 0 Å². The molecular weight excluding hydrogens is 448 g/mol. The van der Waals surface area contributed by atoms with E-state index in [4.69, 9.17) is 11.6 Å². The second kappa shape index (κ2) is 9.81. The first-order chi connectivity index (χ1) is 16.6. The normalized spacial score (nSPS) is 14.5. The maximum absolute atomic E-state index is 13.0. The zero-order chi connectivity index (χ0) is 23.5. The molecule has 0 unspecified atom stereocenters. The third kappa shape index (κ3) is 4.61. The number of halogens is 1. The van der Waals surface area contributed by atoms with E-state index in [0.717, 1.165) is 48.7 Å². The van der Waals surface area contributed by atoms with Gasteiger partial charge in [-0.1, -0.05) is 42.8 Å². The molecule has 34 heavy (non-hydrogen) atoms. The van der Waals surface area contributed by atoms with Crippen LogP contribution in [0.25, 0.3) is 5.65 Å². The van der Waals surface area contributed by atoms with Crippen LogP contribution in [0.3, 0.4) is 0 Å². The smallest absolute Gasteiger partial charge is 0.270 e. The third-order valence-corrected chi connectivity index (χ3v) is 6.70. The summed E-state index contributed by atoms with van der Waals surface area (Å²) in [6.07, 6.45) is 9.86. The Morgan fingerprint density at radius 1 is 1.12 bits per heavy atom. The van der Waals surface area contributed by atoms with Gasteiger partial charge in [-0.2, -0.15) is 0 Å². The van der Waals surface area contributed by atoms with Crippen molar-refractivity contribution in [3.63, 3.8) is 0 Å². The molecule has 1 aliphatic heterocycles. The van der Waals surface area contributed by atoms with E-state index < -0.39 is 0 Å². The topological polar surface area (TPSA) is 75.4 Å². The summed E-state index contributed by atoms with van der Waals surface area (Å²) < 4.78 is 1.77. The third-order valence-electron chi connectivity index (χ3n) is 6.48. The van der Waals surface area contributed by atoms with Crippen molar-refractivity contribution in [2.75, 3.05) is 18.0 Å². The molecule has 0 aliphatic carbocycles. The van der Waals surface area contributed by atoms with E-state index in [9.17, 15) is 4.79 Å². The van der Waals surface area contributed by atoms with Gasteiger partial charge in [0, 0.05) is 38.2 Å². The summed E-state index contributed by atoms with van der Waals surface area (Å²) in [7, 11) is 0. The molecule has 1 fully saturated rings. The second-order valence-corrected chi connectivity index (χ2v) is 9.02. The number of amides is 1. The Morgan fingerprint density at radius 2 is 1.91 bits per heavy atom. The molecule has 0 spiro atoms. The molecule has 5 rings (SSSR count). The van der Waals surface area contributed by atoms with Crippen LogP contribution in [0.5, 0.6) is 0 Å². The van der Waals surface area contributed by atoms with Crippen LogP contribution < -0.4 is 10.2 Å². The van der Waals surface area contributed by atoms with Gasteiger partial charge in [0.15, 0.2) is 0 Å². The minimum absolute atomic E-state index is 0.146. The number of hydrogen-bond acceptors (Lipinski definition) is 5. The van der Waals surface area contributed by atoms with Gasteiger partial charge in [-0.25, -0.2) is 9.97 Å². The van der Waals surface area contributed by atoms with Crippen molar-refractivity contribution < 1.29 is 4.79 Å². The van der Waals surface area contributed by atoms with E-state index in [1.807, 2.05) is 19.2 Å². The zero-order valence-electron chi connectivity index (χ0n) is 19.1. The highest BCUT2D eigenvalue weighted by atomic mass is 35.5. The highest BCUT2D eigenvalue weighted by Gasteiger charge is 2.22. The van der Waals surface area contributed by atoms with Crippen molar-refractivity contribution >= 4 is 29.0 Å². The Balaban J connectivity index is 1.21. The van der Waals surface area contributed by atoms with E-state index in [-0.39, 0.29) is 5.91 Å². The molecule has 1 aliphatic rings. The fourth-order valence-electron chi connectivity index (χ4n) is 4.62. The number of benzene rings is 1. The molecule has 0 radical (unpaired) electrons. The molecule has 0 atom stereocenters. The Hall–Kier alpha value is -3.45. The molecule has 7 nitrogen and oxygen atoms in total. The molecule has 0 bridgehead atoms. The lowest BCUT2D eigenvalue weighted by molar-refractivity contribution is 0.0944. The number of carbonyl (C=O) groups is 1. The number of aromatic nitrogens is 4. The van der Waals surface area contributed by atoms with Gasteiger partial charge in [0.2, 0.25) is 0 Å². The number of carbonyl (C=O) groups excluding carboxylic acids is 1. The van der Waals surface area contributed by atoms with E-state index in [0.29, 0.717) is 29.6 Å². The number of piperidine rings is 1. The first-order valence-corrected chi connectivity index (χ1v) is 12.0. The summed E-state index contributed by atoms with van der Waals surface area (Å²) >= 11 is 6.15. The predicted molar refractivity (Wildman–Crippen MR) is 133 cm³/mol. The van der Waals surface area contributed by atoms with Gasteiger partial charge < -0.3 is 10.2 Å². The Labute approximate surface area is 203 Å². The molecule has 8 heteroatoms. The van der Waals surface area contributed by atoms with Crippen molar-refractivity contribution in [2.45, 2.75) is 38.6 Å². The lowest BCUT2D eigenvalue weighted by Gasteiger charge is -2.32. The standard InChI is InChI=1S/C26H27ClN6O/c1-2-22-25(33-17-21(27)7-8-23(33)31-22)26(34)30-15-18-3-5-19(6-4-18)20-9-13-32(14-10-20)24-16-28-11-12-29-24/h3-8,11-12,16-17,20H,2,9-10,13-15H2,1H3,(H,30,34). The molecule has 174 valence electrons. The van der Waals surface area contributed by atoms with Crippen LogP contribution in [-0.4, -0.2) is 38.3 Å². The Kier molecular flexibility index (Phi) is 6.45. The highest BCUT2D eigenvalue weighted by Crippen LogP contribution is 2.29. The fourth-order valence-corrected chi connectivity index (χ4v) is 4.79. The molecule has 1 N–H and O–H groups in total. The van der Waals surface area contributed by atoms with Gasteiger partial charge in [0.05, 0.1) is 16.9 Å². The fraction of sp³-hybridized carbons (Fsp3) is 0.308. The predicted octanol–water partition coefficient (Wildman–Crippen LogP) is 4.65. The SMILES string of the molecule is CCc1nc2ccc(Cl)cn2c1C(=O)NCc1ccc(C2CCN(c3cnccn3)CC2)cc1. The minimum Gasteiger partial charge on any atom is -0.355 e. The van der Waals surface area contributed by atoms with E-state index in [1.165, 1.54) is 5.56 Å². The van der Waals surface area contributed by atoms with Crippen LogP contribution >= 0.6 is 11.6 Å². The van der Waals surface area contributed by atoms with Crippen molar-refractivity contribution in [3.05, 3.63) is 88.7 Å². The summed E-state index contributed by atoms with van der Waals surface area (Å²) in [4.78, 5) is 28.5. The van der Waals surface area contributed by atoms with Crippen molar-refractivity contribution in [1.82, 2.24) is 24.7 Å². The van der Waals surface area contributed by atoms with Crippen LogP contribution in [0.2, 0.25) is 5.02 Å². The summed E-state index contributed by atoms with van der Waals surface area (Å²) in [6, 6.07) is 12.2. The second-order valence-electron chi connectivity index (χ2n) is 8.59. The number of nitrogens with zero attached hydrogens (tertiary/aromatic N) is 5. The number of aryl methyl sites for hydroxylation is 1. The molecule has 1 amide bonds. The summed E-state index contributed by atoms with van der Waals surface area (Å²) in [5, 5.41) is 3.62. The van der Waals surface area contributed by atoms with Crippen LogP contribution in [0.1, 0.15) is 53.0 Å². The molecule has 3 aromatic heterocycles. The van der Waals surface area contributed by atoms with E-state index >= 15 is 0 Å². The molecule has 1 saturated heterocycles. The molecule has 4 aromatic rings. The van der Waals surface area contributed by atoms with Crippen molar-refractivity contribution in [2.24, 2.45) is 0 Å². The number of nitrogens with one attached hydrogen (secondary N) is 1. The summed E-state index contributed by atoms with van der Waals surface area (Å²) in [5.74, 6) is 1.34. The summed E-state index contributed by atoms with van der Waals surface area (Å²) in [6.45, 7) is 4.41. The molecule has 0 saturated carbocycles. The van der Waals surface area contributed by atoms with Gasteiger partial charge in [-0.05, 0) is 48.4 Å². The monoisotopic (exact) mass is 474 g/mol. The number of anilines is 1. The quantitative estimate of drug-likeness (QED) is 0.440. The molecule has 1 aromatic carbocycles. The van der Waals surface area contributed by atoms with Crippen LogP contribution in [0.4, 0.5) is 5.82 Å². The lowest BCUT2D eigenvalue weighted by atomic mass is 9.89. The van der Waals surface area contributed by atoms with E-state index in [2.05, 4.69) is 49.4 Å². The first kappa shape index (κ1) is 22.3. The van der Waals surface area contributed by atoms with Crippen molar-refractivity contribution in [3.8, 4) is 0 Å². The average Bonchev–Trinajstić information content (AvgIpc) is 3.26. The van der Waals surface area contributed by atoms with Crippen LogP contribution in [0, 0.1) is 0 Å². The number of imidazole rings is 1. The Morgan fingerprint density at radius 3 is 2.62 bits per heavy atom. The molecule has 4 heterocycles. The van der Waals surface area contributed by atoms with Gasteiger partial charge in [0.1, 0.15) is 17.2 Å². The van der Waals surface area contributed by atoms with Gasteiger partial charge in [-0.3, -0.25) is 14.2 Å². The largest absolute Gasteiger partial charge is 0.355 e. The maximum Gasteiger partial charge on any atom is 0.270 e. The Bertz CT molecular complexity index is 1280. The number of pyridine rings is 1. The number of hydrogen-bond donors (Lipinski definition) is 1. The zero-order valence-corrected chi connectivity index (χ0v) is 19.9. The maximum atomic E-state index is 13.0.